The number of rotatable bonds is 2. The van der Waals surface area contributed by atoms with Crippen LogP contribution in [0.25, 0.3) is 0 Å². The highest BCUT2D eigenvalue weighted by Gasteiger charge is 2.12. The van der Waals surface area contributed by atoms with E-state index in [0.29, 0.717) is 0 Å². The fourth-order valence-corrected chi connectivity index (χ4v) is 2.60. The minimum absolute atomic E-state index is 0.833. The topological polar surface area (TPSA) is 0 Å². The fraction of sp³-hybridized carbons (Fsp3) is 1.00. The van der Waals surface area contributed by atoms with Crippen molar-refractivity contribution >= 4 is 17.5 Å². The van der Waals surface area contributed by atoms with E-state index in [4.69, 9.17) is 10.7 Å². The maximum Gasteiger partial charge on any atom is 0.0304 e. The van der Waals surface area contributed by atoms with Gasteiger partial charge in [-0.05, 0) is 0 Å². The van der Waals surface area contributed by atoms with Crippen LogP contribution in [0.5, 0.6) is 0 Å². The highest BCUT2D eigenvalue weighted by Crippen LogP contribution is 2.12. The summed E-state index contributed by atoms with van der Waals surface area (Å²) in [5, 5.41) is -0.833. The van der Waals surface area contributed by atoms with E-state index in [2.05, 4.69) is 0 Å². The maximum atomic E-state index is 8.01. The maximum absolute atomic E-state index is 8.01. The van der Waals surface area contributed by atoms with Gasteiger partial charge >= 0.3 is 0 Å². The normalized spacial score (nSPS) is 35.9. The molecule has 0 heterocycles. The first-order valence-corrected chi connectivity index (χ1v) is 6.81. The average molecular weight is 154 g/mol. The van der Waals surface area contributed by atoms with Crippen LogP contribution >= 0.6 is 0 Å². The van der Waals surface area contributed by atoms with E-state index < -0.39 is 35.6 Å². The Hall–Kier alpha value is 0.434. The van der Waals surface area contributed by atoms with E-state index >= 15 is 0 Å². The molecule has 0 aliphatic heterocycles. The molecule has 0 radical (unpaired) electrons. The molecule has 0 rings (SSSR count). The Kier molecular flexibility index (Phi) is 0.846. The summed E-state index contributed by atoms with van der Waals surface area (Å²) in [5.41, 5.74) is 0. The van der Waals surface area contributed by atoms with Crippen molar-refractivity contribution in [2.45, 2.75) is 38.1 Å². The van der Waals surface area contributed by atoms with Gasteiger partial charge in [0.15, 0.2) is 0 Å². The summed E-state index contributed by atoms with van der Waals surface area (Å²) in [6, 6.07) is 0. The van der Waals surface area contributed by atoms with Gasteiger partial charge in [-0.2, -0.15) is 0 Å². The molecule has 0 aromatic carbocycles. The summed E-state index contributed by atoms with van der Waals surface area (Å²) < 4.78 is 60.0. The van der Waals surface area contributed by atoms with Gasteiger partial charge in [0.1, 0.15) is 0 Å². The van der Waals surface area contributed by atoms with Crippen molar-refractivity contribution in [3.8, 4) is 0 Å². The van der Waals surface area contributed by atoms with E-state index in [1.807, 2.05) is 0 Å². The molecule has 0 N–H and O–H groups in total. The second-order valence-corrected chi connectivity index (χ2v) is 7.50. The molecule has 0 nitrogen and oxygen atoms in total. The van der Waals surface area contributed by atoms with Gasteiger partial charge in [-0.1, -0.05) is 38.1 Å². The van der Waals surface area contributed by atoms with Crippen LogP contribution < -0.4 is 0 Å². The molecule has 0 amide bonds. The van der Waals surface area contributed by atoms with Crippen LogP contribution in [0, 0.1) is 0 Å². The lowest BCUT2D eigenvalue weighted by Crippen LogP contribution is -2.21. The fourth-order valence-electron chi connectivity index (χ4n) is 0.289. The van der Waals surface area contributed by atoms with Crippen molar-refractivity contribution in [1.29, 1.82) is 2.47 Å². The molecule has 0 fully saturated rings. The van der Waals surface area contributed by atoms with E-state index in [1.54, 1.807) is 13.1 Å². The van der Waals surface area contributed by atoms with E-state index in [1.165, 1.54) is 6.92 Å². The van der Waals surface area contributed by atoms with Gasteiger partial charge in [-0.3, -0.25) is 0 Å². The highest BCUT2D eigenvalue weighted by atomic mass is 28.3. The number of hydrogen-bond acceptors (Lipinski definition) is 0. The Balaban J connectivity index is 5.63. The molecule has 1 unspecified atom stereocenters. The van der Waals surface area contributed by atoms with Crippen LogP contribution in [0.15, 0.2) is 0 Å². The summed E-state index contributed by atoms with van der Waals surface area (Å²) in [7, 11) is -6.98. The molecule has 0 spiro atoms. The summed E-state index contributed by atoms with van der Waals surface area (Å²) >= 11 is 0. The van der Waals surface area contributed by atoms with E-state index in [9.17, 15) is 0 Å². The molecule has 0 aliphatic carbocycles. The summed E-state index contributed by atoms with van der Waals surface area (Å²) in [6.07, 6.45) is 0. The molecule has 0 saturated carbocycles. The van der Waals surface area contributed by atoms with Crippen molar-refractivity contribution < 1.29 is 8.22 Å². The minimum atomic E-state index is -4.27. The molecule has 8 heavy (non-hydrogen) atoms. The van der Waals surface area contributed by atoms with Gasteiger partial charge < -0.3 is 0 Å². The van der Waals surface area contributed by atoms with Crippen molar-refractivity contribution in [1.82, 2.24) is 0 Å². The predicted molar refractivity (Wildman–Crippen MR) is 47.2 cm³/mol. The van der Waals surface area contributed by atoms with E-state index in [-0.39, 0.29) is 0 Å². The Morgan fingerprint density at radius 2 is 1.88 bits per heavy atom. The standard InChI is InChI=1S/C6H18Si2/c1-6(7(2)3)8(4)5/h6-8H,1-5H3/i2D3,3D3,7D,8D. The van der Waals surface area contributed by atoms with Crippen molar-refractivity contribution in [2.75, 3.05) is 0 Å². The van der Waals surface area contributed by atoms with Gasteiger partial charge in [-0.25, -0.2) is 0 Å². The molecular formula is C6H18Si2. The van der Waals surface area contributed by atoms with Crippen LogP contribution in [0.1, 0.15) is 15.1 Å². The van der Waals surface area contributed by atoms with Gasteiger partial charge in [0.2, 0.25) is 0 Å². The Bertz CT molecular complexity index is 235. The van der Waals surface area contributed by atoms with Crippen molar-refractivity contribution in [3.63, 3.8) is 0 Å². The first-order valence-electron chi connectivity index (χ1n) is 6.65. The highest BCUT2D eigenvalue weighted by molar-refractivity contribution is 6.77. The van der Waals surface area contributed by atoms with Gasteiger partial charge in [0, 0.05) is 28.2 Å². The summed E-state index contributed by atoms with van der Waals surface area (Å²) in [5.74, 6) is 0. The molecule has 0 aliphatic rings. The number of hydrogen-bond donors (Lipinski definition) is 0. The average Bonchev–Trinajstić information content (AvgIpc) is 1.95. The lowest BCUT2D eigenvalue weighted by atomic mass is 10.9. The lowest BCUT2D eigenvalue weighted by molar-refractivity contribution is 1.25. The van der Waals surface area contributed by atoms with E-state index in [0.717, 1.165) is 0 Å². The monoisotopic (exact) mass is 154 g/mol. The second-order valence-electron chi connectivity index (χ2n) is 2.21. The first-order chi connectivity index (χ1) is 6.65. The Labute approximate surface area is 67.4 Å². The van der Waals surface area contributed by atoms with Gasteiger partial charge in [0.25, 0.3) is 0 Å². The third kappa shape index (κ3) is 2.67. The first kappa shape index (κ1) is 1.96. The summed E-state index contributed by atoms with van der Waals surface area (Å²) in [4.78, 5) is 0. The molecule has 0 aromatic rings. The lowest BCUT2D eigenvalue weighted by Gasteiger charge is -2.16. The largest absolute Gasteiger partial charge is 0.0722 e. The van der Waals surface area contributed by atoms with Crippen LogP contribution in [-0.2, 0) is 0 Å². The third-order valence-electron chi connectivity index (χ3n) is 1.30. The van der Waals surface area contributed by atoms with Gasteiger partial charge in [0.05, 0.1) is 0 Å². The molecular weight excluding hydrogens is 128 g/mol. The second kappa shape index (κ2) is 3.46. The summed E-state index contributed by atoms with van der Waals surface area (Å²) in [6.45, 7) is -0.917. The molecule has 0 aromatic heterocycles. The zero-order valence-electron chi connectivity index (χ0n) is 13.6. The molecule has 1 atom stereocenters. The molecule has 50 valence electrons. The Morgan fingerprint density at radius 1 is 1.38 bits per heavy atom. The predicted octanol–water partition coefficient (Wildman–Crippen LogP) is 1.89. The van der Waals surface area contributed by atoms with Crippen LogP contribution in [0.2, 0.25) is 31.2 Å². The Morgan fingerprint density at radius 3 is 2.00 bits per heavy atom. The third-order valence-corrected chi connectivity index (χ3v) is 6.50. The smallest absolute Gasteiger partial charge is 0.0304 e. The van der Waals surface area contributed by atoms with Crippen LogP contribution in [-0.4, -0.2) is 19.9 Å². The van der Waals surface area contributed by atoms with Crippen LogP contribution in [0.3, 0.4) is 0 Å². The minimum Gasteiger partial charge on any atom is -0.0722 e. The zero-order valence-corrected chi connectivity index (χ0v) is 7.58. The SMILES string of the molecule is [2H]C([2H])([2H])[Si]([2H])(C(C)[Si]([2H])(C)C)C([2H])([2H])[2H]. The van der Waals surface area contributed by atoms with Crippen molar-refractivity contribution in [3.05, 3.63) is 0 Å². The molecule has 2 heteroatoms. The van der Waals surface area contributed by atoms with Crippen molar-refractivity contribution in [2.24, 2.45) is 0 Å². The molecule has 0 saturated heterocycles. The molecule has 0 bridgehead atoms. The van der Waals surface area contributed by atoms with Gasteiger partial charge in [-0.15, -0.1) is 0 Å². The quantitative estimate of drug-likeness (QED) is 0.533. The van der Waals surface area contributed by atoms with Crippen LogP contribution in [0.4, 0.5) is 0 Å². The zero-order chi connectivity index (χ0) is 13.6.